The number of carbonyl (C=O) groups excluding carboxylic acids is 2. The van der Waals surface area contributed by atoms with Gasteiger partial charge in [-0.25, -0.2) is 0 Å². The molecule has 84 valence electrons. The quantitative estimate of drug-likeness (QED) is 0.798. The van der Waals surface area contributed by atoms with Gasteiger partial charge in [-0.3, -0.25) is 14.5 Å². The zero-order chi connectivity index (χ0) is 11.9. The van der Waals surface area contributed by atoms with Crippen LogP contribution in [0.1, 0.15) is 18.7 Å². The first kappa shape index (κ1) is 10.9. The summed E-state index contributed by atoms with van der Waals surface area (Å²) in [6.07, 6.45) is 0. The molecule has 1 aliphatic heterocycles. The van der Waals surface area contributed by atoms with Crippen LogP contribution in [-0.4, -0.2) is 27.9 Å². The highest BCUT2D eigenvalue weighted by molar-refractivity contribution is 7.11. The van der Waals surface area contributed by atoms with Crippen molar-refractivity contribution in [1.82, 2.24) is 4.90 Å². The molecule has 16 heavy (non-hydrogen) atoms. The van der Waals surface area contributed by atoms with E-state index in [4.69, 9.17) is 0 Å². The van der Waals surface area contributed by atoms with Gasteiger partial charge in [0.05, 0.1) is 0 Å². The maximum atomic E-state index is 12.0. The van der Waals surface area contributed by atoms with Gasteiger partial charge in [0.2, 0.25) is 0 Å². The Bertz CT molecular complexity index is 473. The van der Waals surface area contributed by atoms with Crippen molar-refractivity contribution in [2.24, 2.45) is 0 Å². The highest BCUT2D eigenvalue weighted by atomic mass is 32.1. The molecular formula is C11H11NO3S. The van der Waals surface area contributed by atoms with E-state index in [1.54, 1.807) is 31.4 Å². The lowest BCUT2D eigenvalue weighted by atomic mass is 10.2. The number of rotatable bonds is 2. The Morgan fingerprint density at radius 2 is 2.00 bits per heavy atom. The third-order valence-corrected chi connectivity index (χ3v) is 3.26. The normalized spacial score (nSPS) is 16.8. The second-order valence-corrected chi connectivity index (χ2v) is 4.72. The van der Waals surface area contributed by atoms with E-state index >= 15 is 0 Å². The average molecular weight is 237 g/mol. The third-order valence-electron chi connectivity index (χ3n) is 2.37. The number of hydrogen-bond acceptors (Lipinski definition) is 4. The monoisotopic (exact) mass is 237 g/mol. The zero-order valence-electron chi connectivity index (χ0n) is 8.93. The summed E-state index contributed by atoms with van der Waals surface area (Å²) in [5.74, 6) is -1.47. The van der Waals surface area contributed by atoms with Gasteiger partial charge in [-0.05, 0) is 25.3 Å². The van der Waals surface area contributed by atoms with Gasteiger partial charge in [0.15, 0.2) is 5.76 Å². The van der Waals surface area contributed by atoms with Crippen molar-refractivity contribution in [2.45, 2.75) is 19.9 Å². The second kappa shape index (κ2) is 3.75. The molecule has 0 aromatic carbocycles. The van der Waals surface area contributed by atoms with E-state index in [0.717, 1.165) is 4.90 Å². The van der Waals surface area contributed by atoms with Gasteiger partial charge in [0.1, 0.15) is 5.57 Å². The molecule has 1 aliphatic rings. The van der Waals surface area contributed by atoms with Gasteiger partial charge in [-0.2, -0.15) is 0 Å². The van der Waals surface area contributed by atoms with Gasteiger partial charge >= 0.3 is 0 Å². The summed E-state index contributed by atoms with van der Waals surface area (Å²) in [7, 11) is 0. The van der Waals surface area contributed by atoms with E-state index < -0.39 is 17.6 Å². The molecule has 0 saturated carbocycles. The summed E-state index contributed by atoms with van der Waals surface area (Å²) in [4.78, 5) is 25.3. The molecule has 0 spiro atoms. The number of carbonyl (C=O) groups is 2. The van der Waals surface area contributed by atoms with Crippen molar-refractivity contribution in [3.63, 3.8) is 0 Å². The van der Waals surface area contributed by atoms with E-state index in [-0.39, 0.29) is 11.6 Å². The van der Waals surface area contributed by atoms with Crippen molar-refractivity contribution in [3.05, 3.63) is 28.1 Å². The number of hydrogen-bond donors (Lipinski definition) is 1. The van der Waals surface area contributed by atoms with Crippen LogP contribution in [0.4, 0.5) is 0 Å². The summed E-state index contributed by atoms with van der Waals surface area (Å²) in [6.45, 7) is 3.47. The van der Waals surface area contributed by atoms with Crippen LogP contribution in [0.25, 0.3) is 5.57 Å². The maximum Gasteiger partial charge on any atom is 0.296 e. The SMILES string of the molecule is CC(C)N1C(=O)C(O)=C(c2cccs2)C1=O. The molecule has 1 aromatic heterocycles. The Labute approximate surface area is 96.8 Å². The molecule has 2 amide bonds. The molecule has 0 fully saturated rings. The van der Waals surface area contributed by atoms with Crippen LogP contribution in [-0.2, 0) is 9.59 Å². The number of imide groups is 1. The number of aliphatic hydroxyl groups excluding tert-OH is 1. The molecule has 0 aliphatic carbocycles. The van der Waals surface area contributed by atoms with Crippen molar-refractivity contribution in [1.29, 1.82) is 0 Å². The first-order valence-electron chi connectivity index (χ1n) is 4.89. The highest BCUT2D eigenvalue weighted by Crippen LogP contribution is 2.31. The standard InChI is InChI=1S/C11H11NO3S/c1-6(2)12-10(14)8(9(13)11(12)15)7-4-3-5-16-7/h3-6,13H,1-2H3. The predicted octanol–water partition coefficient (Wildman–Crippen LogP) is 1.79. The molecule has 2 rings (SSSR count). The lowest BCUT2D eigenvalue weighted by Gasteiger charge is -2.18. The first-order chi connectivity index (χ1) is 7.54. The minimum absolute atomic E-state index is 0.119. The van der Waals surface area contributed by atoms with Crippen molar-refractivity contribution in [2.75, 3.05) is 0 Å². The Kier molecular flexibility index (Phi) is 2.55. The van der Waals surface area contributed by atoms with Crippen LogP contribution in [0.2, 0.25) is 0 Å². The summed E-state index contributed by atoms with van der Waals surface area (Å²) in [6, 6.07) is 3.24. The molecule has 4 nitrogen and oxygen atoms in total. The fraction of sp³-hybridized carbons (Fsp3) is 0.273. The molecular weight excluding hydrogens is 226 g/mol. The molecule has 0 bridgehead atoms. The number of thiophene rings is 1. The summed E-state index contributed by atoms with van der Waals surface area (Å²) >= 11 is 1.33. The fourth-order valence-corrected chi connectivity index (χ4v) is 2.41. The van der Waals surface area contributed by atoms with Crippen LogP contribution >= 0.6 is 11.3 Å². The fourth-order valence-electron chi connectivity index (χ4n) is 1.65. The van der Waals surface area contributed by atoms with E-state index in [9.17, 15) is 14.7 Å². The maximum absolute atomic E-state index is 12.0. The molecule has 0 atom stereocenters. The summed E-state index contributed by atoms with van der Waals surface area (Å²) in [5, 5.41) is 11.5. The van der Waals surface area contributed by atoms with Crippen LogP contribution in [0.15, 0.2) is 23.3 Å². The van der Waals surface area contributed by atoms with Gasteiger partial charge in [-0.15, -0.1) is 11.3 Å². The Balaban J connectivity index is 2.48. The Morgan fingerprint density at radius 1 is 1.31 bits per heavy atom. The number of amides is 2. The molecule has 5 heteroatoms. The minimum Gasteiger partial charge on any atom is -0.502 e. The number of aliphatic hydroxyl groups is 1. The lowest BCUT2D eigenvalue weighted by Crippen LogP contribution is -2.37. The van der Waals surface area contributed by atoms with Crippen molar-refractivity contribution < 1.29 is 14.7 Å². The molecule has 0 unspecified atom stereocenters. The Morgan fingerprint density at radius 3 is 2.44 bits per heavy atom. The predicted molar refractivity (Wildman–Crippen MR) is 60.9 cm³/mol. The summed E-state index contributed by atoms with van der Waals surface area (Å²) < 4.78 is 0. The van der Waals surface area contributed by atoms with Crippen LogP contribution in [0, 0.1) is 0 Å². The largest absolute Gasteiger partial charge is 0.502 e. The average Bonchev–Trinajstić information content (AvgIpc) is 2.76. The van der Waals surface area contributed by atoms with Gasteiger partial charge in [0, 0.05) is 10.9 Å². The molecule has 1 aromatic rings. The van der Waals surface area contributed by atoms with E-state index in [1.807, 2.05) is 0 Å². The molecule has 0 radical (unpaired) electrons. The van der Waals surface area contributed by atoms with Crippen LogP contribution < -0.4 is 0 Å². The minimum atomic E-state index is -0.608. The smallest absolute Gasteiger partial charge is 0.296 e. The van der Waals surface area contributed by atoms with Crippen molar-refractivity contribution >= 4 is 28.7 Å². The van der Waals surface area contributed by atoms with Crippen LogP contribution in [0.5, 0.6) is 0 Å². The van der Waals surface area contributed by atoms with E-state index in [1.165, 1.54) is 11.3 Å². The van der Waals surface area contributed by atoms with E-state index in [0.29, 0.717) is 4.88 Å². The number of nitrogens with zero attached hydrogens (tertiary/aromatic N) is 1. The van der Waals surface area contributed by atoms with Gasteiger partial charge < -0.3 is 5.11 Å². The molecule has 0 saturated heterocycles. The molecule has 2 heterocycles. The lowest BCUT2D eigenvalue weighted by molar-refractivity contribution is -0.139. The topological polar surface area (TPSA) is 57.6 Å². The van der Waals surface area contributed by atoms with Crippen LogP contribution in [0.3, 0.4) is 0 Å². The first-order valence-corrected chi connectivity index (χ1v) is 5.77. The molecule has 1 N–H and O–H groups in total. The Hall–Kier alpha value is -1.62. The van der Waals surface area contributed by atoms with Crippen molar-refractivity contribution in [3.8, 4) is 0 Å². The highest BCUT2D eigenvalue weighted by Gasteiger charge is 2.40. The summed E-state index contributed by atoms with van der Waals surface area (Å²) in [5.41, 5.74) is 0.119. The van der Waals surface area contributed by atoms with Gasteiger partial charge in [-0.1, -0.05) is 6.07 Å². The van der Waals surface area contributed by atoms with Gasteiger partial charge in [0.25, 0.3) is 11.8 Å². The third kappa shape index (κ3) is 1.44. The van der Waals surface area contributed by atoms with E-state index in [2.05, 4.69) is 0 Å². The second-order valence-electron chi connectivity index (χ2n) is 3.77. The zero-order valence-corrected chi connectivity index (χ0v) is 9.75.